The van der Waals surface area contributed by atoms with E-state index >= 15 is 0 Å². The average Bonchev–Trinajstić information content (AvgIpc) is 2.15. The van der Waals surface area contributed by atoms with Gasteiger partial charge in [-0.1, -0.05) is 24.4 Å². The summed E-state index contributed by atoms with van der Waals surface area (Å²) < 4.78 is 1.12. The first-order valence-corrected chi connectivity index (χ1v) is 6.02. The van der Waals surface area contributed by atoms with E-state index in [2.05, 4.69) is 34.2 Å². The first-order chi connectivity index (χ1) is 6.61. The molecule has 0 amide bonds. The molecule has 0 aromatic carbocycles. The highest BCUT2D eigenvalue weighted by Crippen LogP contribution is 2.29. The summed E-state index contributed by atoms with van der Waals surface area (Å²) in [5, 5.41) is 7.11. The second-order valence-electron chi connectivity index (χ2n) is 2.78. The normalized spacial score (nSPS) is 9.93. The number of pyridine rings is 1. The smallest absolute Gasteiger partial charge is 0.0555 e. The maximum absolute atomic E-state index is 7.11. The molecule has 0 bridgehead atoms. The van der Waals surface area contributed by atoms with Gasteiger partial charge in [0.25, 0.3) is 0 Å². The van der Waals surface area contributed by atoms with E-state index in [1.165, 1.54) is 17.3 Å². The van der Waals surface area contributed by atoms with Crippen molar-refractivity contribution < 1.29 is 0 Å². The second kappa shape index (κ2) is 4.93. The largest absolute Gasteiger partial charge is 0.302 e. The molecule has 0 atom stereocenters. The van der Waals surface area contributed by atoms with Crippen molar-refractivity contribution in [1.82, 2.24) is 4.98 Å². The molecule has 0 saturated carbocycles. The summed E-state index contributed by atoms with van der Waals surface area (Å²) in [6.45, 7) is 7.74. The molecule has 1 rings (SSSR count). The van der Waals surface area contributed by atoms with Crippen molar-refractivity contribution in [2.75, 3.05) is 0 Å². The van der Waals surface area contributed by atoms with Gasteiger partial charge in [0, 0.05) is 14.0 Å². The van der Waals surface area contributed by atoms with Crippen LogP contribution in [-0.2, 0) is 0 Å². The van der Waals surface area contributed by atoms with Crippen LogP contribution >= 0.6 is 34.4 Å². The minimum Gasteiger partial charge on any atom is -0.302 e. The lowest BCUT2D eigenvalue weighted by Gasteiger charge is -2.10. The quantitative estimate of drug-likeness (QED) is 0.400. The van der Waals surface area contributed by atoms with Gasteiger partial charge in [0.1, 0.15) is 0 Å². The molecular weight excluding hydrogens is 307 g/mol. The highest BCUT2D eigenvalue weighted by Gasteiger charge is 2.11. The van der Waals surface area contributed by atoms with Crippen LogP contribution in [0.5, 0.6) is 0 Å². The Labute approximate surface area is 102 Å². The van der Waals surface area contributed by atoms with E-state index in [1.807, 2.05) is 19.9 Å². The van der Waals surface area contributed by atoms with Crippen molar-refractivity contribution >= 4 is 46.0 Å². The molecule has 0 unspecified atom stereocenters. The maximum atomic E-state index is 7.11. The van der Waals surface area contributed by atoms with Gasteiger partial charge >= 0.3 is 0 Å². The van der Waals surface area contributed by atoms with E-state index in [1.54, 1.807) is 0 Å². The van der Waals surface area contributed by atoms with Gasteiger partial charge in [-0.15, -0.1) is 0 Å². The molecular formula is C10H11IN2S. The summed E-state index contributed by atoms with van der Waals surface area (Å²) in [7, 11) is 0. The molecule has 1 aromatic rings. The number of nitrogens with zero attached hydrogens (tertiary/aromatic N) is 1. The number of thioether (sulfide) groups is 1. The van der Waals surface area contributed by atoms with Crippen molar-refractivity contribution in [3.8, 4) is 0 Å². The lowest BCUT2D eigenvalue weighted by molar-refractivity contribution is 1.04. The first kappa shape index (κ1) is 11.7. The fourth-order valence-corrected chi connectivity index (χ4v) is 2.67. The maximum Gasteiger partial charge on any atom is 0.0555 e. The Morgan fingerprint density at radius 1 is 1.43 bits per heavy atom. The van der Waals surface area contributed by atoms with Crippen LogP contribution in [0, 0.1) is 22.8 Å². The Kier molecular flexibility index (Phi) is 4.12. The van der Waals surface area contributed by atoms with E-state index in [9.17, 15) is 0 Å². The molecule has 0 spiro atoms. The van der Waals surface area contributed by atoms with Gasteiger partial charge in [-0.05, 0) is 36.4 Å². The zero-order valence-corrected chi connectivity index (χ0v) is 11.1. The van der Waals surface area contributed by atoms with Gasteiger partial charge in [-0.3, -0.25) is 4.98 Å². The highest BCUT2D eigenvalue weighted by molar-refractivity contribution is 14.1. The van der Waals surface area contributed by atoms with Crippen LogP contribution in [0.1, 0.15) is 17.0 Å². The van der Waals surface area contributed by atoms with Crippen molar-refractivity contribution in [3.05, 3.63) is 27.1 Å². The fraction of sp³-hybridized carbons (Fsp3) is 0.200. The SMILES string of the molecule is C=Cc1c(I)c(C)nc(C)c1SC=N. The predicted octanol–water partition coefficient (Wildman–Crippen LogP) is 3.65. The Balaban J connectivity index is 3.45. The molecule has 0 saturated heterocycles. The van der Waals surface area contributed by atoms with Crippen molar-refractivity contribution in [2.45, 2.75) is 18.7 Å². The van der Waals surface area contributed by atoms with Gasteiger partial charge in [-0.2, -0.15) is 0 Å². The van der Waals surface area contributed by atoms with Gasteiger partial charge in [0.05, 0.1) is 16.9 Å². The Morgan fingerprint density at radius 3 is 2.57 bits per heavy atom. The minimum atomic E-state index is 0.964. The molecule has 0 fully saturated rings. The van der Waals surface area contributed by atoms with Crippen LogP contribution in [0.25, 0.3) is 6.08 Å². The highest BCUT2D eigenvalue weighted by atomic mass is 127. The summed E-state index contributed by atoms with van der Waals surface area (Å²) in [5.41, 5.74) is 4.39. The van der Waals surface area contributed by atoms with Crippen LogP contribution in [0.4, 0.5) is 0 Å². The molecule has 1 N–H and O–H groups in total. The Bertz CT molecular complexity index is 388. The monoisotopic (exact) mass is 318 g/mol. The zero-order chi connectivity index (χ0) is 10.7. The number of nitrogens with one attached hydrogen (secondary N) is 1. The van der Waals surface area contributed by atoms with Crippen LogP contribution < -0.4 is 0 Å². The van der Waals surface area contributed by atoms with Gasteiger partial charge < -0.3 is 5.41 Å². The van der Waals surface area contributed by atoms with Gasteiger partial charge in [-0.25, -0.2) is 0 Å². The number of rotatable bonds is 3. The van der Waals surface area contributed by atoms with Gasteiger partial charge in [0.15, 0.2) is 0 Å². The van der Waals surface area contributed by atoms with E-state index in [0.29, 0.717) is 0 Å². The summed E-state index contributed by atoms with van der Waals surface area (Å²) in [4.78, 5) is 5.45. The van der Waals surface area contributed by atoms with Crippen LogP contribution in [-0.4, -0.2) is 10.5 Å². The molecule has 0 aliphatic rings. The standard InChI is InChI=1S/C10H11IN2S/c1-4-8-9(11)6(2)13-7(3)10(8)14-5-12/h4-5,12H,1H2,2-3H3. The molecule has 2 nitrogen and oxygen atoms in total. The van der Waals surface area contributed by atoms with Crippen molar-refractivity contribution in [2.24, 2.45) is 0 Å². The number of halogens is 1. The number of aromatic nitrogens is 1. The molecule has 1 aromatic heterocycles. The van der Waals surface area contributed by atoms with Crippen LogP contribution in [0.15, 0.2) is 11.5 Å². The average molecular weight is 318 g/mol. The Morgan fingerprint density at radius 2 is 2.07 bits per heavy atom. The fourth-order valence-electron chi connectivity index (χ4n) is 1.23. The van der Waals surface area contributed by atoms with E-state index < -0.39 is 0 Å². The van der Waals surface area contributed by atoms with Crippen LogP contribution in [0.2, 0.25) is 0 Å². The summed E-state index contributed by atoms with van der Waals surface area (Å²) in [6.07, 6.45) is 1.83. The topological polar surface area (TPSA) is 36.7 Å². The molecule has 0 radical (unpaired) electrons. The van der Waals surface area contributed by atoms with Gasteiger partial charge in [0.2, 0.25) is 0 Å². The Hall–Kier alpha value is -0.360. The lowest BCUT2D eigenvalue weighted by atomic mass is 10.2. The van der Waals surface area contributed by atoms with Crippen molar-refractivity contribution in [1.29, 1.82) is 5.41 Å². The van der Waals surface area contributed by atoms with Crippen LogP contribution in [0.3, 0.4) is 0 Å². The number of hydrogen-bond donors (Lipinski definition) is 1. The molecule has 4 heteroatoms. The lowest BCUT2D eigenvalue weighted by Crippen LogP contribution is -1.98. The molecule has 0 aliphatic heterocycles. The van der Waals surface area contributed by atoms with E-state index in [4.69, 9.17) is 5.41 Å². The second-order valence-corrected chi connectivity index (χ2v) is 4.74. The predicted molar refractivity (Wildman–Crippen MR) is 71.2 cm³/mol. The third-order valence-electron chi connectivity index (χ3n) is 1.84. The molecule has 74 valence electrons. The summed E-state index contributed by atoms with van der Waals surface area (Å²) in [6, 6.07) is 0. The van der Waals surface area contributed by atoms with Crippen molar-refractivity contribution in [3.63, 3.8) is 0 Å². The molecule has 0 aliphatic carbocycles. The summed E-state index contributed by atoms with van der Waals surface area (Å²) in [5.74, 6) is 0. The van der Waals surface area contributed by atoms with E-state index in [0.717, 1.165) is 25.4 Å². The number of aryl methyl sites for hydroxylation is 2. The minimum absolute atomic E-state index is 0.964. The molecule has 14 heavy (non-hydrogen) atoms. The number of hydrogen-bond acceptors (Lipinski definition) is 3. The van der Waals surface area contributed by atoms with E-state index in [-0.39, 0.29) is 0 Å². The summed E-state index contributed by atoms with van der Waals surface area (Å²) >= 11 is 3.64. The third-order valence-corrected chi connectivity index (χ3v) is 4.07. The first-order valence-electron chi connectivity index (χ1n) is 4.06. The molecule has 1 heterocycles. The zero-order valence-electron chi connectivity index (χ0n) is 8.10. The third kappa shape index (κ3) is 2.17.